The molecule has 0 aliphatic heterocycles. The van der Waals surface area contributed by atoms with E-state index >= 15 is 0 Å². The van der Waals surface area contributed by atoms with E-state index in [1.807, 2.05) is 0 Å². The van der Waals surface area contributed by atoms with E-state index in [-0.39, 0.29) is 0 Å². The van der Waals surface area contributed by atoms with Crippen molar-refractivity contribution in [1.82, 2.24) is 0 Å². The predicted molar refractivity (Wildman–Crippen MR) is 30.7 cm³/mol. The smallest absolute Gasteiger partial charge is 0.308 e. The Balaban J connectivity index is -0.000000144. The zero-order chi connectivity index (χ0) is 13.5. The van der Waals surface area contributed by atoms with E-state index < -0.39 is 23.1 Å². The third kappa shape index (κ3) is 4350. The Morgan fingerprint density at radius 3 is 0.733 bits per heavy atom. The normalized spacial score (nSPS) is 11.9. The van der Waals surface area contributed by atoms with Gasteiger partial charge in [0.25, 0.3) is 0 Å². The highest BCUT2D eigenvalue weighted by Crippen LogP contribution is 2.06. The maximum Gasteiger partial charge on any atom is 0.519 e. The Kier molecular flexibility index (Phi) is 8.98. The first-order valence-corrected chi connectivity index (χ1v) is 3.68. The fourth-order valence-electron chi connectivity index (χ4n) is 0. The predicted octanol–water partition coefficient (Wildman–Crippen LogP) is 0.344. The van der Waals surface area contributed by atoms with Crippen LogP contribution in [-0.4, -0.2) is 40.5 Å². The lowest BCUT2D eigenvalue weighted by molar-refractivity contribution is -0.296. The lowest BCUT2D eigenvalue weighted by atomic mass is 11.4. The summed E-state index contributed by atoms with van der Waals surface area (Å²) in [5.74, 6) is 0. The number of aliphatic hydroxyl groups is 2. The zero-order valence-electron chi connectivity index (χ0n) is 6.28. The summed E-state index contributed by atoms with van der Waals surface area (Å²) in [7, 11) is -4.67. The first-order chi connectivity index (χ1) is 6.00. The average molecular weight is 270 g/mol. The molecule has 0 heterocycles. The summed E-state index contributed by atoms with van der Waals surface area (Å²) < 4.78 is 91.0. The first-order valence-electron chi connectivity index (χ1n) is 2.28. The van der Waals surface area contributed by atoms with Crippen molar-refractivity contribution >= 4 is 10.4 Å². The Labute approximate surface area is 78.3 Å². The van der Waals surface area contributed by atoms with Gasteiger partial charge in [0.2, 0.25) is 0 Å². The van der Waals surface area contributed by atoms with E-state index in [1.54, 1.807) is 0 Å². The van der Waals surface area contributed by atoms with Crippen molar-refractivity contribution in [1.29, 1.82) is 0 Å². The molecule has 15 heavy (non-hydrogen) atoms. The molecule has 0 fully saturated rings. The van der Waals surface area contributed by atoms with Crippen molar-refractivity contribution in [3.8, 4) is 0 Å². The molecule has 0 saturated heterocycles. The van der Waals surface area contributed by atoms with Crippen LogP contribution in [0.15, 0.2) is 0 Å². The van der Waals surface area contributed by atoms with Crippen LogP contribution in [0.3, 0.4) is 0 Å². The van der Waals surface area contributed by atoms with Gasteiger partial charge in [0, 0.05) is 0 Å². The van der Waals surface area contributed by atoms with Gasteiger partial charge in [-0.05, 0) is 0 Å². The quantitative estimate of drug-likeness (QED) is 0.373. The molecule has 0 atom stereocenters. The second-order valence-electron chi connectivity index (χ2n) is 1.38. The van der Waals surface area contributed by atoms with Crippen LogP contribution in [0.25, 0.3) is 0 Å². The van der Waals surface area contributed by atoms with Crippen molar-refractivity contribution in [2.45, 2.75) is 12.7 Å². The topological polar surface area (TPSA) is 115 Å². The first kappa shape index (κ1) is 19.9. The second-order valence-corrected chi connectivity index (χ2v) is 2.28. The van der Waals surface area contributed by atoms with E-state index in [0.717, 1.165) is 0 Å². The monoisotopic (exact) mass is 270 g/mol. The Bertz CT molecular complexity index is 205. The molecule has 0 aromatic carbocycles. The highest BCUT2D eigenvalue weighted by Gasteiger charge is 2.20. The van der Waals surface area contributed by atoms with Gasteiger partial charge in [-0.3, -0.25) is 9.11 Å². The van der Waals surface area contributed by atoms with Gasteiger partial charge in [-0.1, -0.05) is 0 Å². The van der Waals surface area contributed by atoms with Gasteiger partial charge in [-0.25, -0.2) is 0 Å². The number of hydrogen-bond acceptors (Lipinski definition) is 4. The molecule has 0 bridgehead atoms. The van der Waals surface area contributed by atoms with Gasteiger partial charge in [0.1, 0.15) is 0 Å². The van der Waals surface area contributed by atoms with Gasteiger partial charge < -0.3 is 10.2 Å². The highest BCUT2D eigenvalue weighted by atomic mass is 32.3. The molecule has 0 amide bonds. The van der Waals surface area contributed by atoms with Gasteiger partial charge in [-0.2, -0.15) is 8.42 Å². The van der Waals surface area contributed by atoms with Crippen LogP contribution in [0.1, 0.15) is 0 Å². The summed E-state index contributed by atoms with van der Waals surface area (Å²) in [5, 5.41) is 13.0. The minimum absolute atomic E-state index is 4.67. The minimum Gasteiger partial charge on any atom is -0.308 e. The van der Waals surface area contributed by atoms with Crippen LogP contribution in [0.2, 0.25) is 0 Å². The Morgan fingerprint density at radius 1 is 0.733 bits per heavy atom. The molecule has 0 radical (unpaired) electrons. The fourth-order valence-corrected chi connectivity index (χ4v) is 0. The summed E-state index contributed by atoms with van der Waals surface area (Å²) in [4.78, 5) is 0. The summed E-state index contributed by atoms with van der Waals surface area (Å²) >= 11 is 0. The number of alkyl halides is 6. The summed E-state index contributed by atoms with van der Waals surface area (Å²) in [6.07, 6.45) is -10.0. The number of rotatable bonds is 0. The summed E-state index contributed by atoms with van der Waals surface area (Å²) in [6, 6.07) is 0. The molecule has 0 rings (SSSR count). The van der Waals surface area contributed by atoms with Crippen molar-refractivity contribution in [3.63, 3.8) is 0 Å². The van der Waals surface area contributed by atoms with Gasteiger partial charge in [0.05, 0.1) is 0 Å². The van der Waals surface area contributed by atoms with Crippen molar-refractivity contribution in [2.75, 3.05) is 0 Å². The number of halogens is 6. The molecule has 0 aromatic rings. The summed E-state index contributed by atoms with van der Waals surface area (Å²) in [5.41, 5.74) is 0. The minimum atomic E-state index is -5.00. The van der Waals surface area contributed by atoms with Crippen LogP contribution in [0.5, 0.6) is 0 Å². The lowest BCUT2D eigenvalue weighted by Gasteiger charge is -1.86. The Morgan fingerprint density at radius 2 is 0.733 bits per heavy atom. The number of hydrogen-bond donors (Lipinski definition) is 4. The molecule has 4 N–H and O–H groups in total. The lowest BCUT2D eigenvalue weighted by Crippen LogP contribution is -2.01. The largest absolute Gasteiger partial charge is 0.519 e. The van der Waals surface area contributed by atoms with Gasteiger partial charge >= 0.3 is 23.1 Å². The molecular weight excluding hydrogens is 266 g/mol. The van der Waals surface area contributed by atoms with Gasteiger partial charge in [0.15, 0.2) is 0 Å². The van der Waals surface area contributed by atoms with Crippen molar-refractivity contribution < 1.29 is 54.1 Å². The average Bonchev–Trinajstić information content (AvgIpc) is 1.41. The molecule has 0 aliphatic carbocycles. The van der Waals surface area contributed by atoms with Gasteiger partial charge in [-0.15, -0.1) is 26.3 Å². The maximum atomic E-state index is 9.91. The molecular formula is C2H4F6O6S. The SMILES string of the molecule is O=S(=O)(O)O.OC(F)(F)F.OC(F)(F)F. The van der Waals surface area contributed by atoms with Crippen molar-refractivity contribution in [3.05, 3.63) is 0 Å². The third-order valence-corrected chi connectivity index (χ3v) is 0. The molecule has 0 aromatic heterocycles. The van der Waals surface area contributed by atoms with E-state index in [9.17, 15) is 26.3 Å². The molecule has 0 unspecified atom stereocenters. The second kappa shape index (κ2) is 6.78. The Hall–Kier alpha value is -0.630. The van der Waals surface area contributed by atoms with E-state index in [0.29, 0.717) is 0 Å². The van der Waals surface area contributed by atoms with Crippen LogP contribution < -0.4 is 0 Å². The van der Waals surface area contributed by atoms with Crippen LogP contribution in [-0.2, 0) is 10.4 Å². The van der Waals surface area contributed by atoms with E-state index in [2.05, 4.69) is 0 Å². The van der Waals surface area contributed by atoms with Crippen LogP contribution >= 0.6 is 0 Å². The van der Waals surface area contributed by atoms with Crippen molar-refractivity contribution in [2.24, 2.45) is 0 Å². The summed E-state index contributed by atoms with van der Waals surface area (Å²) in [6.45, 7) is 0. The van der Waals surface area contributed by atoms with Crippen LogP contribution in [0, 0.1) is 0 Å². The maximum absolute atomic E-state index is 9.91. The van der Waals surface area contributed by atoms with Crippen LogP contribution in [0.4, 0.5) is 26.3 Å². The zero-order valence-corrected chi connectivity index (χ0v) is 7.10. The fraction of sp³-hybridized carbons (Fsp3) is 1.00. The molecule has 13 heteroatoms. The molecule has 0 saturated carbocycles. The van der Waals surface area contributed by atoms with E-state index in [4.69, 9.17) is 27.7 Å². The molecule has 0 aliphatic rings. The standard InChI is InChI=1S/2CHF3O.H2O4S/c2*2-1(3,4)5;1-5(2,3)4/h2*5H;(H2,1,2,3,4). The third-order valence-electron chi connectivity index (χ3n) is 0. The highest BCUT2D eigenvalue weighted by molar-refractivity contribution is 7.79. The molecule has 96 valence electrons. The molecule has 0 spiro atoms. The van der Waals surface area contributed by atoms with E-state index in [1.165, 1.54) is 0 Å². The molecule has 6 nitrogen and oxygen atoms in total.